The lowest BCUT2D eigenvalue weighted by Gasteiger charge is -2.30. The van der Waals surface area contributed by atoms with Crippen LogP contribution >= 0.6 is 11.6 Å². The SMILES string of the molecule is COc1nc(N[C@@H]2CCN(C(=O)c3ccc(C=CC(=O)NC=O)c(N4CCOCC4)c3)C2)ncc1Cl. The zero-order valence-corrected chi connectivity index (χ0v) is 20.5. The molecule has 2 aliphatic heterocycles. The fraction of sp³-hybridized carbons (Fsp3) is 0.375. The molecule has 0 saturated carbocycles. The van der Waals surface area contributed by atoms with E-state index >= 15 is 0 Å². The van der Waals surface area contributed by atoms with E-state index in [-0.39, 0.29) is 17.8 Å². The lowest BCUT2D eigenvalue weighted by atomic mass is 10.1. The highest BCUT2D eigenvalue weighted by atomic mass is 35.5. The van der Waals surface area contributed by atoms with E-state index in [0.29, 0.717) is 62.3 Å². The van der Waals surface area contributed by atoms with E-state index in [0.717, 1.165) is 17.7 Å². The standard InChI is InChI=1S/C24H27ClN6O5/c1-35-22-19(25)13-26-24(29-22)28-18-6-7-31(14-18)23(34)17-3-2-16(4-5-21(33)27-15-32)20(12-17)30-8-10-36-11-9-30/h2-5,12-13,15,18H,6-11,14H2,1H3,(H,26,28,29)(H,27,32,33)/t18-/m1/s1. The average Bonchev–Trinajstić information content (AvgIpc) is 3.37. The first-order valence-corrected chi connectivity index (χ1v) is 11.9. The lowest BCUT2D eigenvalue weighted by Crippen LogP contribution is -2.37. The number of aromatic nitrogens is 2. The first kappa shape index (κ1) is 25.4. The second-order valence-electron chi connectivity index (χ2n) is 8.26. The van der Waals surface area contributed by atoms with E-state index in [2.05, 4.69) is 25.5 Å². The molecule has 1 aromatic carbocycles. The van der Waals surface area contributed by atoms with Crippen LogP contribution < -0.4 is 20.3 Å². The summed E-state index contributed by atoms with van der Waals surface area (Å²) in [5.41, 5.74) is 2.15. The van der Waals surface area contributed by atoms with Crippen molar-refractivity contribution < 1.29 is 23.9 Å². The molecular weight excluding hydrogens is 488 g/mol. The molecular formula is C24H27ClN6O5. The Kier molecular flexibility index (Phi) is 8.34. The molecule has 1 aromatic heterocycles. The molecule has 0 unspecified atom stereocenters. The number of likely N-dealkylation sites (tertiary alicyclic amines) is 1. The number of imide groups is 1. The van der Waals surface area contributed by atoms with E-state index in [1.807, 2.05) is 12.1 Å². The van der Waals surface area contributed by atoms with Gasteiger partial charge in [-0.05, 0) is 30.2 Å². The minimum absolute atomic E-state index is 0.0166. The summed E-state index contributed by atoms with van der Waals surface area (Å²) in [4.78, 5) is 47.9. The number of amides is 3. The number of rotatable bonds is 8. The fourth-order valence-electron chi connectivity index (χ4n) is 4.16. The average molecular weight is 515 g/mol. The molecule has 0 aliphatic carbocycles. The predicted octanol–water partition coefficient (Wildman–Crippen LogP) is 1.59. The first-order chi connectivity index (χ1) is 17.5. The monoisotopic (exact) mass is 514 g/mol. The molecule has 2 fully saturated rings. The first-order valence-electron chi connectivity index (χ1n) is 11.5. The van der Waals surface area contributed by atoms with Gasteiger partial charge in [-0.25, -0.2) is 4.98 Å². The van der Waals surface area contributed by atoms with Crippen molar-refractivity contribution in [3.8, 4) is 5.88 Å². The van der Waals surface area contributed by atoms with Crippen LogP contribution in [-0.2, 0) is 14.3 Å². The third-order valence-electron chi connectivity index (χ3n) is 5.96. The van der Waals surface area contributed by atoms with Gasteiger partial charge in [0.05, 0.1) is 26.5 Å². The number of carbonyl (C=O) groups is 3. The van der Waals surface area contributed by atoms with Gasteiger partial charge >= 0.3 is 0 Å². The van der Waals surface area contributed by atoms with Crippen LogP contribution in [0.2, 0.25) is 5.02 Å². The predicted molar refractivity (Wildman–Crippen MR) is 134 cm³/mol. The molecule has 2 N–H and O–H groups in total. The van der Waals surface area contributed by atoms with Crippen LogP contribution in [0.4, 0.5) is 11.6 Å². The molecule has 0 spiro atoms. The maximum absolute atomic E-state index is 13.4. The Bertz CT molecular complexity index is 1150. The minimum atomic E-state index is -0.518. The topological polar surface area (TPSA) is 126 Å². The maximum atomic E-state index is 13.4. The molecule has 1 atom stereocenters. The van der Waals surface area contributed by atoms with Gasteiger partial charge in [0.2, 0.25) is 24.1 Å². The van der Waals surface area contributed by atoms with Gasteiger partial charge in [0, 0.05) is 49.5 Å². The maximum Gasteiger partial charge on any atom is 0.254 e. The van der Waals surface area contributed by atoms with Crippen molar-refractivity contribution in [2.24, 2.45) is 0 Å². The third-order valence-corrected chi connectivity index (χ3v) is 6.22. The Hall–Kier alpha value is -3.70. The van der Waals surface area contributed by atoms with Gasteiger partial charge in [0.15, 0.2) is 0 Å². The van der Waals surface area contributed by atoms with Crippen LogP contribution in [0.25, 0.3) is 6.08 Å². The highest BCUT2D eigenvalue weighted by Crippen LogP contribution is 2.27. The van der Waals surface area contributed by atoms with Crippen molar-refractivity contribution in [2.75, 3.05) is 56.7 Å². The lowest BCUT2D eigenvalue weighted by molar-refractivity contribution is -0.121. The zero-order chi connectivity index (χ0) is 25.5. The second kappa shape index (κ2) is 11.8. The van der Waals surface area contributed by atoms with Crippen LogP contribution in [-0.4, -0.2) is 85.6 Å². The summed E-state index contributed by atoms with van der Waals surface area (Å²) in [6.07, 6.45) is 5.47. The highest BCUT2D eigenvalue weighted by molar-refractivity contribution is 6.31. The second-order valence-corrected chi connectivity index (χ2v) is 8.67. The molecule has 3 amide bonds. The van der Waals surface area contributed by atoms with E-state index in [1.165, 1.54) is 19.4 Å². The zero-order valence-electron chi connectivity index (χ0n) is 19.8. The van der Waals surface area contributed by atoms with Gasteiger partial charge in [-0.1, -0.05) is 17.7 Å². The van der Waals surface area contributed by atoms with Gasteiger partial charge < -0.3 is 24.6 Å². The van der Waals surface area contributed by atoms with Crippen molar-refractivity contribution in [3.63, 3.8) is 0 Å². The molecule has 11 nitrogen and oxygen atoms in total. The number of hydrogen-bond donors (Lipinski definition) is 2. The van der Waals surface area contributed by atoms with Crippen LogP contribution in [0.3, 0.4) is 0 Å². The molecule has 2 saturated heterocycles. The summed E-state index contributed by atoms with van der Waals surface area (Å²) in [7, 11) is 1.49. The van der Waals surface area contributed by atoms with E-state index < -0.39 is 5.91 Å². The molecule has 36 heavy (non-hydrogen) atoms. The van der Waals surface area contributed by atoms with E-state index in [9.17, 15) is 14.4 Å². The number of nitrogens with zero attached hydrogens (tertiary/aromatic N) is 4. The van der Waals surface area contributed by atoms with Gasteiger partial charge in [-0.3, -0.25) is 19.7 Å². The van der Waals surface area contributed by atoms with Gasteiger partial charge in [-0.2, -0.15) is 4.98 Å². The van der Waals surface area contributed by atoms with E-state index in [1.54, 1.807) is 17.0 Å². The van der Waals surface area contributed by atoms with Crippen molar-refractivity contribution in [1.82, 2.24) is 20.2 Å². The molecule has 190 valence electrons. The highest BCUT2D eigenvalue weighted by Gasteiger charge is 2.28. The number of morpholine rings is 1. The largest absolute Gasteiger partial charge is 0.480 e. The quantitative estimate of drug-likeness (QED) is 0.399. The van der Waals surface area contributed by atoms with Crippen LogP contribution in [0.1, 0.15) is 22.3 Å². The number of methoxy groups -OCH3 is 1. The Morgan fingerprint density at radius 3 is 2.81 bits per heavy atom. The normalized spacial score (nSPS) is 17.8. The van der Waals surface area contributed by atoms with Crippen molar-refractivity contribution in [2.45, 2.75) is 12.5 Å². The Morgan fingerprint density at radius 1 is 1.25 bits per heavy atom. The molecule has 4 rings (SSSR count). The number of anilines is 2. The van der Waals surface area contributed by atoms with Gasteiger partial charge in [0.25, 0.3) is 5.91 Å². The summed E-state index contributed by atoms with van der Waals surface area (Å²) < 4.78 is 10.6. The van der Waals surface area contributed by atoms with Crippen LogP contribution in [0, 0.1) is 0 Å². The number of benzene rings is 1. The Labute approximate surface area is 213 Å². The van der Waals surface area contributed by atoms with Crippen LogP contribution in [0.5, 0.6) is 5.88 Å². The van der Waals surface area contributed by atoms with Gasteiger partial charge in [0.1, 0.15) is 5.02 Å². The molecule has 12 heteroatoms. The fourth-order valence-corrected chi connectivity index (χ4v) is 4.33. The summed E-state index contributed by atoms with van der Waals surface area (Å²) in [5.74, 6) is 0.0713. The minimum Gasteiger partial charge on any atom is -0.480 e. The summed E-state index contributed by atoms with van der Waals surface area (Å²) in [6, 6.07) is 5.38. The molecule has 2 aromatic rings. The number of ether oxygens (including phenoxy) is 2. The van der Waals surface area contributed by atoms with Crippen LogP contribution in [0.15, 0.2) is 30.5 Å². The van der Waals surface area contributed by atoms with Crippen molar-refractivity contribution in [3.05, 3.63) is 46.6 Å². The van der Waals surface area contributed by atoms with E-state index in [4.69, 9.17) is 21.1 Å². The molecule has 3 heterocycles. The van der Waals surface area contributed by atoms with Gasteiger partial charge in [-0.15, -0.1) is 0 Å². The van der Waals surface area contributed by atoms with Crippen molar-refractivity contribution >= 4 is 47.5 Å². The smallest absolute Gasteiger partial charge is 0.254 e. The number of carbonyl (C=O) groups excluding carboxylic acids is 3. The summed E-state index contributed by atoms with van der Waals surface area (Å²) in [5, 5.41) is 5.65. The number of nitrogens with one attached hydrogen (secondary N) is 2. The third kappa shape index (κ3) is 6.10. The summed E-state index contributed by atoms with van der Waals surface area (Å²) in [6.45, 7) is 3.56. The Balaban J connectivity index is 1.48. The Morgan fingerprint density at radius 2 is 2.06 bits per heavy atom. The molecule has 0 radical (unpaired) electrons. The summed E-state index contributed by atoms with van der Waals surface area (Å²) >= 11 is 6.00. The number of halogens is 1. The molecule has 0 bridgehead atoms. The van der Waals surface area contributed by atoms with Crippen molar-refractivity contribution in [1.29, 1.82) is 0 Å². The molecule has 2 aliphatic rings. The number of hydrogen-bond acceptors (Lipinski definition) is 9.